The molecule has 1 aliphatic heterocycles. The molecule has 0 amide bonds. The van der Waals surface area contributed by atoms with E-state index in [0.717, 1.165) is 19.0 Å². The van der Waals surface area contributed by atoms with Crippen molar-refractivity contribution >= 4 is 5.69 Å². The maximum atomic E-state index is 3.56. The molecule has 0 saturated carbocycles. The van der Waals surface area contributed by atoms with E-state index in [2.05, 4.69) is 46.8 Å². The van der Waals surface area contributed by atoms with Crippen molar-refractivity contribution in [3.8, 4) is 0 Å². The lowest BCUT2D eigenvalue weighted by molar-refractivity contribution is 0.388. The van der Waals surface area contributed by atoms with Gasteiger partial charge >= 0.3 is 0 Å². The fourth-order valence-corrected chi connectivity index (χ4v) is 2.45. The molecule has 0 radical (unpaired) electrons. The van der Waals surface area contributed by atoms with Crippen molar-refractivity contribution in [1.82, 2.24) is 10.2 Å². The molecule has 2 N–H and O–H groups in total. The Balaban J connectivity index is 1.74. The quantitative estimate of drug-likeness (QED) is 0.811. The van der Waals surface area contributed by atoms with Gasteiger partial charge in [0.25, 0.3) is 0 Å². The van der Waals surface area contributed by atoms with Crippen LogP contribution >= 0.6 is 0 Å². The molecular formula is C14H23N3. The highest BCUT2D eigenvalue weighted by Crippen LogP contribution is 2.13. The van der Waals surface area contributed by atoms with Gasteiger partial charge in [-0.05, 0) is 50.2 Å². The van der Waals surface area contributed by atoms with Crippen LogP contribution in [-0.2, 0) is 6.54 Å². The largest absolute Gasteiger partial charge is 0.388 e. The van der Waals surface area contributed by atoms with E-state index in [1.54, 1.807) is 0 Å². The second kappa shape index (κ2) is 6.03. The summed E-state index contributed by atoms with van der Waals surface area (Å²) in [6.45, 7) is 4.59. The molecule has 1 aliphatic rings. The van der Waals surface area contributed by atoms with Crippen molar-refractivity contribution in [3.63, 3.8) is 0 Å². The van der Waals surface area contributed by atoms with Gasteiger partial charge in [0, 0.05) is 25.8 Å². The second-order valence-corrected chi connectivity index (χ2v) is 5.00. The van der Waals surface area contributed by atoms with E-state index in [4.69, 9.17) is 0 Å². The van der Waals surface area contributed by atoms with Crippen LogP contribution in [0.4, 0.5) is 5.69 Å². The molecule has 17 heavy (non-hydrogen) atoms. The molecule has 0 aliphatic carbocycles. The van der Waals surface area contributed by atoms with Gasteiger partial charge in [-0.3, -0.25) is 0 Å². The number of rotatable bonds is 5. The van der Waals surface area contributed by atoms with Crippen LogP contribution in [-0.4, -0.2) is 38.6 Å². The normalized spacial score (nSPS) is 20.7. The molecular weight excluding hydrogens is 210 g/mol. The zero-order valence-corrected chi connectivity index (χ0v) is 10.9. The lowest BCUT2D eigenvalue weighted by Crippen LogP contribution is -2.24. The fraction of sp³-hybridized carbons (Fsp3) is 0.571. The Kier molecular flexibility index (Phi) is 4.40. The van der Waals surface area contributed by atoms with Crippen LogP contribution in [0.25, 0.3) is 0 Å². The third-order valence-corrected chi connectivity index (χ3v) is 3.47. The summed E-state index contributed by atoms with van der Waals surface area (Å²) >= 11 is 0. The maximum absolute atomic E-state index is 3.56. The van der Waals surface area contributed by atoms with E-state index in [0.29, 0.717) is 0 Å². The van der Waals surface area contributed by atoms with Gasteiger partial charge in [0.15, 0.2) is 0 Å². The molecule has 1 atom stereocenters. The Morgan fingerprint density at radius 2 is 2.29 bits per heavy atom. The van der Waals surface area contributed by atoms with Crippen LogP contribution in [0.2, 0.25) is 0 Å². The molecule has 1 saturated heterocycles. The number of benzene rings is 1. The molecule has 94 valence electrons. The average Bonchev–Trinajstić information content (AvgIpc) is 2.75. The number of anilines is 1. The molecule has 1 heterocycles. The zero-order valence-electron chi connectivity index (χ0n) is 10.9. The molecule has 1 aromatic carbocycles. The lowest BCUT2D eigenvalue weighted by atomic mass is 10.1. The van der Waals surface area contributed by atoms with Crippen LogP contribution in [0.1, 0.15) is 12.0 Å². The van der Waals surface area contributed by atoms with Crippen LogP contribution in [0.15, 0.2) is 24.3 Å². The molecule has 0 bridgehead atoms. The number of hydrogen-bond acceptors (Lipinski definition) is 3. The number of likely N-dealkylation sites (tertiary alicyclic amines) is 1. The molecule has 2 rings (SSSR count). The SMILES string of the molecule is CNc1cccc(CNCC2CCN(C)C2)c1. The van der Waals surface area contributed by atoms with Gasteiger partial charge in [-0.2, -0.15) is 0 Å². The van der Waals surface area contributed by atoms with Gasteiger partial charge in [0.1, 0.15) is 0 Å². The number of nitrogens with one attached hydrogen (secondary N) is 2. The lowest BCUT2D eigenvalue weighted by Gasteiger charge is -2.12. The minimum atomic E-state index is 0.826. The van der Waals surface area contributed by atoms with Gasteiger partial charge < -0.3 is 15.5 Å². The van der Waals surface area contributed by atoms with Gasteiger partial charge in [0.2, 0.25) is 0 Å². The van der Waals surface area contributed by atoms with Crippen molar-refractivity contribution in [3.05, 3.63) is 29.8 Å². The first-order chi connectivity index (χ1) is 8.28. The van der Waals surface area contributed by atoms with Gasteiger partial charge in [-0.15, -0.1) is 0 Å². The maximum Gasteiger partial charge on any atom is 0.0340 e. The van der Waals surface area contributed by atoms with Crippen LogP contribution in [0.5, 0.6) is 0 Å². The van der Waals surface area contributed by atoms with Crippen LogP contribution in [0.3, 0.4) is 0 Å². The summed E-state index contributed by atoms with van der Waals surface area (Å²) < 4.78 is 0. The predicted octanol–water partition coefficient (Wildman–Crippen LogP) is 1.77. The molecule has 0 aromatic heterocycles. The van der Waals surface area contributed by atoms with Crippen LogP contribution in [0, 0.1) is 5.92 Å². The van der Waals surface area contributed by atoms with Crippen molar-refractivity contribution in [2.45, 2.75) is 13.0 Å². The molecule has 1 fully saturated rings. The summed E-state index contributed by atoms with van der Waals surface area (Å²) in [5.74, 6) is 0.826. The Bertz CT molecular complexity index is 351. The zero-order chi connectivity index (χ0) is 12.1. The van der Waals surface area contributed by atoms with E-state index in [9.17, 15) is 0 Å². The Labute approximate surface area is 104 Å². The van der Waals surface area contributed by atoms with Crippen molar-refractivity contribution in [2.24, 2.45) is 5.92 Å². The van der Waals surface area contributed by atoms with Crippen molar-refractivity contribution in [1.29, 1.82) is 0 Å². The minimum absolute atomic E-state index is 0.826. The van der Waals surface area contributed by atoms with Gasteiger partial charge in [-0.1, -0.05) is 12.1 Å². The van der Waals surface area contributed by atoms with Gasteiger partial charge in [-0.25, -0.2) is 0 Å². The molecule has 0 spiro atoms. The number of nitrogens with zero attached hydrogens (tertiary/aromatic N) is 1. The van der Waals surface area contributed by atoms with Crippen molar-refractivity contribution < 1.29 is 0 Å². The highest BCUT2D eigenvalue weighted by molar-refractivity contribution is 5.44. The predicted molar refractivity (Wildman–Crippen MR) is 73.3 cm³/mol. The Morgan fingerprint density at radius 3 is 3.00 bits per heavy atom. The summed E-state index contributed by atoms with van der Waals surface area (Å²) in [6, 6.07) is 8.57. The highest BCUT2D eigenvalue weighted by atomic mass is 15.1. The number of hydrogen-bond donors (Lipinski definition) is 2. The summed E-state index contributed by atoms with van der Waals surface area (Å²) in [5.41, 5.74) is 2.54. The standard InChI is InChI=1S/C14H23N3/c1-15-14-5-3-4-12(8-14)9-16-10-13-6-7-17(2)11-13/h3-5,8,13,15-16H,6-7,9-11H2,1-2H3. The molecule has 3 heteroatoms. The fourth-order valence-electron chi connectivity index (χ4n) is 2.45. The van der Waals surface area contributed by atoms with E-state index < -0.39 is 0 Å². The monoisotopic (exact) mass is 233 g/mol. The smallest absolute Gasteiger partial charge is 0.0340 e. The van der Waals surface area contributed by atoms with E-state index >= 15 is 0 Å². The third kappa shape index (κ3) is 3.72. The molecule has 1 unspecified atom stereocenters. The summed E-state index contributed by atoms with van der Waals surface area (Å²) in [4.78, 5) is 2.41. The Morgan fingerprint density at radius 1 is 1.41 bits per heavy atom. The highest BCUT2D eigenvalue weighted by Gasteiger charge is 2.18. The third-order valence-electron chi connectivity index (χ3n) is 3.47. The van der Waals surface area contributed by atoms with Crippen molar-refractivity contribution in [2.75, 3.05) is 39.0 Å². The summed E-state index contributed by atoms with van der Waals surface area (Å²) in [6.07, 6.45) is 1.33. The molecule has 1 aromatic rings. The van der Waals surface area contributed by atoms with E-state index in [-0.39, 0.29) is 0 Å². The first kappa shape index (κ1) is 12.4. The van der Waals surface area contributed by atoms with Crippen LogP contribution < -0.4 is 10.6 Å². The van der Waals surface area contributed by atoms with E-state index in [1.807, 2.05) is 7.05 Å². The van der Waals surface area contributed by atoms with E-state index in [1.165, 1.54) is 30.8 Å². The Hall–Kier alpha value is -1.06. The molecule has 3 nitrogen and oxygen atoms in total. The summed E-state index contributed by atoms with van der Waals surface area (Å²) in [5, 5.41) is 6.73. The topological polar surface area (TPSA) is 27.3 Å². The minimum Gasteiger partial charge on any atom is -0.388 e. The second-order valence-electron chi connectivity index (χ2n) is 5.00. The first-order valence-electron chi connectivity index (χ1n) is 6.44. The van der Waals surface area contributed by atoms with Gasteiger partial charge in [0.05, 0.1) is 0 Å². The first-order valence-corrected chi connectivity index (χ1v) is 6.44. The summed E-state index contributed by atoms with van der Waals surface area (Å²) in [7, 11) is 4.16. The average molecular weight is 233 g/mol.